The molecule has 2 N–H and O–H groups in total. The second-order valence-electron chi connectivity index (χ2n) is 7.05. The highest BCUT2D eigenvalue weighted by Gasteiger charge is 2.27. The fraction of sp³-hybridized carbons (Fsp3) is 0.611. The first kappa shape index (κ1) is 16.7. The lowest BCUT2D eigenvalue weighted by Crippen LogP contribution is -2.38. The standard InChI is InChI=1S/C18H28N2O2/c1-5-13-6-8-14(9-7-13)19-15-10-11-16(12-15)20-17(21)22-18(2,3)4/h6-9,15-16,19H,5,10-12H2,1-4H3,(H,20,21). The van der Waals surface area contributed by atoms with Crippen molar-refractivity contribution >= 4 is 11.8 Å². The van der Waals surface area contributed by atoms with Gasteiger partial charge >= 0.3 is 6.09 Å². The summed E-state index contributed by atoms with van der Waals surface area (Å²) in [5.41, 5.74) is 2.06. The van der Waals surface area contributed by atoms with Gasteiger partial charge in [0.15, 0.2) is 0 Å². The summed E-state index contributed by atoms with van der Waals surface area (Å²) in [5, 5.41) is 6.52. The first-order chi connectivity index (χ1) is 10.4. The van der Waals surface area contributed by atoms with Gasteiger partial charge in [-0.3, -0.25) is 0 Å². The number of hydrogen-bond donors (Lipinski definition) is 2. The maximum Gasteiger partial charge on any atom is 0.407 e. The minimum absolute atomic E-state index is 0.197. The molecule has 0 aromatic heterocycles. The third-order valence-corrected chi connectivity index (χ3v) is 3.89. The summed E-state index contributed by atoms with van der Waals surface area (Å²) in [5.74, 6) is 0. The van der Waals surface area contributed by atoms with Crippen molar-refractivity contribution in [2.75, 3.05) is 5.32 Å². The van der Waals surface area contributed by atoms with Gasteiger partial charge in [-0.1, -0.05) is 19.1 Å². The van der Waals surface area contributed by atoms with Gasteiger partial charge in [0.25, 0.3) is 0 Å². The van der Waals surface area contributed by atoms with E-state index in [0.717, 1.165) is 31.4 Å². The molecule has 4 nitrogen and oxygen atoms in total. The van der Waals surface area contributed by atoms with Gasteiger partial charge in [-0.15, -0.1) is 0 Å². The summed E-state index contributed by atoms with van der Waals surface area (Å²) in [4.78, 5) is 11.8. The molecule has 2 atom stereocenters. The minimum atomic E-state index is -0.443. The van der Waals surface area contributed by atoms with Crippen LogP contribution in [-0.2, 0) is 11.2 Å². The largest absolute Gasteiger partial charge is 0.444 e. The van der Waals surface area contributed by atoms with Crippen LogP contribution in [0.15, 0.2) is 24.3 Å². The molecule has 1 aliphatic rings. The lowest BCUT2D eigenvalue weighted by atomic mass is 10.1. The van der Waals surface area contributed by atoms with E-state index in [1.807, 2.05) is 20.8 Å². The summed E-state index contributed by atoms with van der Waals surface area (Å²) in [6, 6.07) is 9.19. The molecule has 22 heavy (non-hydrogen) atoms. The van der Waals surface area contributed by atoms with E-state index < -0.39 is 5.60 Å². The molecular weight excluding hydrogens is 276 g/mol. The molecule has 1 fully saturated rings. The van der Waals surface area contributed by atoms with Gasteiger partial charge in [-0.05, 0) is 64.2 Å². The van der Waals surface area contributed by atoms with E-state index in [0.29, 0.717) is 6.04 Å². The summed E-state index contributed by atoms with van der Waals surface area (Å²) in [6.07, 6.45) is 3.74. The second kappa shape index (κ2) is 7.03. The van der Waals surface area contributed by atoms with Crippen molar-refractivity contribution in [2.24, 2.45) is 0 Å². The van der Waals surface area contributed by atoms with Crippen LogP contribution in [0.25, 0.3) is 0 Å². The predicted molar refractivity (Wildman–Crippen MR) is 90.2 cm³/mol. The zero-order chi connectivity index (χ0) is 16.2. The Morgan fingerprint density at radius 1 is 1.18 bits per heavy atom. The topological polar surface area (TPSA) is 50.4 Å². The van der Waals surface area contributed by atoms with Crippen LogP contribution >= 0.6 is 0 Å². The lowest BCUT2D eigenvalue weighted by molar-refractivity contribution is 0.0505. The van der Waals surface area contributed by atoms with Crippen molar-refractivity contribution < 1.29 is 9.53 Å². The molecule has 4 heteroatoms. The van der Waals surface area contributed by atoms with Crippen molar-refractivity contribution in [1.82, 2.24) is 5.32 Å². The van der Waals surface area contributed by atoms with Gasteiger partial charge in [0.2, 0.25) is 0 Å². The van der Waals surface area contributed by atoms with E-state index in [9.17, 15) is 4.79 Å². The zero-order valence-corrected chi connectivity index (χ0v) is 14.1. The van der Waals surface area contributed by atoms with Gasteiger partial charge in [0, 0.05) is 17.8 Å². The van der Waals surface area contributed by atoms with Crippen LogP contribution in [0.1, 0.15) is 52.5 Å². The van der Waals surface area contributed by atoms with Gasteiger partial charge < -0.3 is 15.4 Å². The van der Waals surface area contributed by atoms with Crippen molar-refractivity contribution in [3.8, 4) is 0 Å². The quantitative estimate of drug-likeness (QED) is 0.880. The van der Waals surface area contributed by atoms with Crippen molar-refractivity contribution in [3.63, 3.8) is 0 Å². The number of aryl methyl sites for hydroxylation is 1. The van der Waals surface area contributed by atoms with Gasteiger partial charge in [-0.25, -0.2) is 4.79 Å². The number of rotatable bonds is 4. The molecule has 1 aromatic rings. The van der Waals surface area contributed by atoms with E-state index in [1.165, 1.54) is 5.56 Å². The lowest BCUT2D eigenvalue weighted by Gasteiger charge is -2.22. The average Bonchev–Trinajstić information content (AvgIpc) is 2.84. The SMILES string of the molecule is CCc1ccc(NC2CCC(NC(=O)OC(C)(C)C)C2)cc1. The van der Waals surface area contributed by atoms with Crippen LogP contribution in [0.4, 0.5) is 10.5 Å². The Labute approximate surface area is 133 Å². The number of benzene rings is 1. The molecule has 122 valence electrons. The third kappa shape index (κ3) is 5.24. The normalized spacial score (nSPS) is 21.5. The maximum atomic E-state index is 11.8. The van der Waals surface area contributed by atoms with E-state index in [1.54, 1.807) is 0 Å². The number of amides is 1. The summed E-state index contributed by atoms with van der Waals surface area (Å²) >= 11 is 0. The summed E-state index contributed by atoms with van der Waals surface area (Å²) in [7, 11) is 0. The molecule has 2 unspecified atom stereocenters. The summed E-state index contributed by atoms with van der Waals surface area (Å²) < 4.78 is 5.31. The Balaban J connectivity index is 1.78. The Morgan fingerprint density at radius 2 is 1.82 bits per heavy atom. The van der Waals surface area contributed by atoms with Crippen LogP contribution in [0.5, 0.6) is 0 Å². The fourth-order valence-corrected chi connectivity index (χ4v) is 2.79. The van der Waals surface area contributed by atoms with Crippen LogP contribution in [0.3, 0.4) is 0 Å². The Hall–Kier alpha value is -1.71. The number of ether oxygens (including phenoxy) is 1. The van der Waals surface area contributed by atoms with Crippen LogP contribution in [-0.4, -0.2) is 23.8 Å². The third-order valence-electron chi connectivity index (χ3n) is 3.89. The summed E-state index contributed by atoms with van der Waals surface area (Å²) in [6.45, 7) is 7.80. The number of nitrogens with one attached hydrogen (secondary N) is 2. The van der Waals surface area contributed by atoms with Crippen molar-refractivity contribution in [1.29, 1.82) is 0 Å². The highest BCUT2D eigenvalue weighted by molar-refractivity contribution is 5.68. The second-order valence-corrected chi connectivity index (χ2v) is 7.05. The number of carbonyl (C=O) groups excluding carboxylic acids is 1. The molecule has 0 spiro atoms. The van der Waals surface area contributed by atoms with E-state index in [-0.39, 0.29) is 12.1 Å². The van der Waals surface area contributed by atoms with Crippen LogP contribution in [0, 0.1) is 0 Å². The average molecular weight is 304 g/mol. The van der Waals surface area contributed by atoms with E-state index in [2.05, 4.69) is 41.8 Å². The Morgan fingerprint density at radius 3 is 2.41 bits per heavy atom. The molecule has 1 amide bonds. The molecule has 1 aliphatic carbocycles. The highest BCUT2D eigenvalue weighted by atomic mass is 16.6. The Bertz CT molecular complexity index is 491. The number of anilines is 1. The van der Waals surface area contributed by atoms with Crippen molar-refractivity contribution in [3.05, 3.63) is 29.8 Å². The molecule has 0 heterocycles. The van der Waals surface area contributed by atoms with E-state index >= 15 is 0 Å². The van der Waals surface area contributed by atoms with Gasteiger partial charge in [0.1, 0.15) is 5.60 Å². The van der Waals surface area contributed by atoms with Crippen LogP contribution < -0.4 is 10.6 Å². The van der Waals surface area contributed by atoms with Gasteiger partial charge in [0.05, 0.1) is 0 Å². The smallest absolute Gasteiger partial charge is 0.407 e. The molecule has 1 saturated carbocycles. The zero-order valence-electron chi connectivity index (χ0n) is 14.1. The first-order valence-corrected chi connectivity index (χ1v) is 8.20. The molecule has 0 aliphatic heterocycles. The van der Waals surface area contributed by atoms with E-state index in [4.69, 9.17) is 4.74 Å². The predicted octanol–water partition coefficient (Wildman–Crippen LogP) is 4.11. The monoisotopic (exact) mass is 304 g/mol. The maximum absolute atomic E-state index is 11.8. The fourth-order valence-electron chi connectivity index (χ4n) is 2.79. The number of carbonyl (C=O) groups is 1. The first-order valence-electron chi connectivity index (χ1n) is 8.20. The molecule has 0 bridgehead atoms. The molecular formula is C18H28N2O2. The molecule has 0 radical (unpaired) electrons. The number of alkyl carbamates (subject to hydrolysis) is 1. The highest BCUT2D eigenvalue weighted by Crippen LogP contribution is 2.24. The van der Waals surface area contributed by atoms with Crippen LogP contribution in [0.2, 0.25) is 0 Å². The van der Waals surface area contributed by atoms with Crippen molar-refractivity contribution in [2.45, 2.75) is 71.1 Å². The minimum Gasteiger partial charge on any atom is -0.444 e. The molecule has 1 aromatic carbocycles. The molecule has 2 rings (SSSR count). The Kier molecular flexibility index (Phi) is 5.33. The van der Waals surface area contributed by atoms with Gasteiger partial charge in [-0.2, -0.15) is 0 Å². The number of hydrogen-bond acceptors (Lipinski definition) is 3. The molecule has 0 saturated heterocycles.